The van der Waals surface area contributed by atoms with Gasteiger partial charge in [-0.25, -0.2) is 0 Å². The van der Waals surface area contributed by atoms with Crippen LogP contribution in [0.2, 0.25) is 5.02 Å². The number of hydrogen-bond donors (Lipinski definition) is 1. The maximum Gasteiger partial charge on any atom is 0.417 e. The second kappa shape index (κ2) is 3.76. The van der Waals surface area contributed by atoms with Gasteiger partial charge < -0.3 is 0 Å². The van der Waals surface area contributed by atoms with Crippen molar-refractivity contribution in [2.45, 2.75) is 6.18 Å². The zero-order chi connectivity index (χ0) is 10.8. The summed E-state index contributed by atoms with van der Waals surface area (Å²) >= 11 is 5.35. The fourth-order valence-corrected chi connectivity index (χ4v) is 1.11. The average molecular weight is 221 g/mol. The van der Waals surface area contributed by atoms with Crippen molar-refractivity contribution < 1.29 is 13.2 Å². The highest BCUT2D eigenvalue weighted by molar-refractivity contribution is 6.31. The van der Waals surface area contributed by atoms with Crippen LogP contribution in [-0.4, -0.2) is 0 Å². The highest BCUT2D eigenvalue weighted by Crippen LogP contribution is 2.35. The van der Waals surface area contributed by atoms with Crippen molar-refractivity contribution in [2.24, 2.45) is 0 Å². The van der Waals surface area contributed by atoms with Crippen molar-refractivity contribution in [3.63, 3.8) is 0 Å². The SMILES string of the molecule is N#CNc1ccc(Cl)c(C(F)(F)F)c1. The van der Waals surface area contributed by atoms with E-state index in [0.717, 1.165) is 12.1 Å². The first-order valence-corrected chi connectivity index (χ1v) is 3.85. The molecule has 6 heteroatoms. The Labute approximate surface area is 82.9 Å². The summed E-state index contributed by atoms with van der Waals surface area (Å²) in [5.74, 6) is 0. The molecule has 1 aromatic carbocycles. The number of alkyl halides is 3. The van der Waals surface area contributed by atoms with Crippen molar-refractivity contribution in [3.8, 4) is 6.19 Å². The first-order valence-electron chi connectivity index (χ1n) is 3.47. The van der Waals surface area contributed by atoms with Crippen LogP contribution >= 0.6 is 11.6 Å². The van der Waals surface area contributed by atoms with E-state index < -0.39 is 11.7 Å². The Morgan fingerprint density at radius 2 is 2.00 bits per heavy atom. The Kier molecular flexibility index (Phi) is 2.87. The third-order valence-electron chi connectivity index (χ3n) is 1.47. The molecule has 0 amide bonds. The van der Waals surface area contributed by atoms with Crippen molar-refractivity contribution in [3.05, 3.63) is 28.8 Å². The summed E-state index contributed by atoms with van der Waals surface area (Å²) in [6.45, 7) is 0. The van der Waals surface area contributed by atoms with Gasteiger partial charge in [0.05, 0.1) is 10.6 Å². The van der Waals surface area contributed by atoms with Gasteiger partial charge in [-0.05, 0) is 18.2 Å². The molecule has 0 aliphatic rings. The number of hydrogen-bond acceptors (Lipinski definition) is 2. The van der Waals surface area contributed by atoms with Crippen LogP contribution < -0.4 is 5.32 Å². The molecule has 0 bridgehead atoms. The van der Waals surface area contributed by atoms with Gasteiger partial charge in [-0.2, -0.15) is 18.4 Å². The first-order chi connectivity index (χ1) is 6.45. The summed E-state index contributed by atoms with van der Waals surface area (Å²) in [5, 5.41) is 9.91. The summed E-state index contributed by atoms with van der Waals surface area (Å²) in [5.41, 5.74) is -0.899. The monoisotopic (exact) mass is 220 g/mol. The molecule has 0 unspecified atom stereocenters. The number of nitrogens with zero attached hydrogens (tertiary/aromatic N) is 1. The third kappa shape index (κ3) is 2.30. The van der Waals surface area contributed by atoms with E-state index in [4.69, 9.17) is 16.9 Å². The lowest BCUT2D eigenvalue weighted by atomic mass is 10.2. The molecule has 0 atom stereocenters. The molecule has 0 heterocycles. The van der Waals surface area contributed by atoms with Crippen LogP contribution in [0.4, 0.5) is 18.9 Å². The topological polar surface area (TPSA) is 35.8 Å². The standard InChI is InChI=1S/C8H4ClF3N2/c9-7-2-1-5(14-4-13)3-6(7)8(10,11)12/h1-3,14H. The number of anilines is 1. The number of nitriles is 1. The molecule has 0 aliphatic heterocycles. The largest absolute Gasteiger partial charge is 0.417 e. The van der Waals surface area contributed by atoms with E-state index in [1.54, 1.807) is 0 Å². The molecule has 0 aromatic heterocycles. The molecule has 0 radical (unpaired) electrons. The van der Waals surface area contributed by atoms with Gasteiger partial charge in [-0.15, -0.1) is 0 Å². The average Bonchev–Trinajstić information content (AvgIpc) is 2.07. The van der Waals surface area contributed by atoms with Crippen LogP contribution in [0, 0.1) is 11.5 Å². The lowest BCUT2D eigenvalue weighted by Gasteiger charge is -2.09. The summed E-state index contributed by atoms with van der Waals surface area (Å²) in [6.07, 6.45) is -2.99. The predicted octanol–water partition coefficient (Wildman–Crippen LogP) is 3.25. The van der Waals surface area contributed by atoms with Crippen LogP contribution in [-0.2, 0) is 6.18 Å². The summed E-state index contributed by atoms with van der Waals surface area (Å²) < 4.78 is 36.8. The van der Waals surface area contributed by atoms with Gasteiger partial charge in [-0.3, -0.25) is 5.32 Å². The molecule has 0 spiro atoms. The molecular weight excluding hydrogens is 217 g/mol. The van der Waals surface area contributed by atoms with Gasteiger partial charge in [0.2, 0.25) is 0 Å². The van der Waals surface area contributed by atoms with Gasteiger partial charge in [-0.1, -0.05) is 11.6 Å². The van der Waals surface area contributed by atoms with E-state index in [1.165, 1.54) is 12.3 Å². The highest BCUT2D eigenvalue weighted by atomic mass is 35.5. The number of nitrogens with one attached hydrogen (secondary N) is 1. The summed E-state index contributed by atoms with van der Waals surface area (Å²) in [7, 11) is 0. The number of rotatable bonds is 1. The van der Waals surface area contributed by atoms with Gasteiger partial charge >= 0.3 is 6.18 Å². The molecule has 2 nitrogen and oxygen atoms in total. The quantitative estimate of drug-likeness (QED) is 0.583. The number of halogens is 4. The fraction of sp³-hybridized carbons (Fsp3) is 0.125. The molecule has 1 rings (SSSR count). The van der Waals surface area contributed by atoms with Crippen LogP contribution in [0.5, 0.6) is 0 Å². The van der Waals surface area contributed by atoms with Crippen molar-refractivity contribution in [1.82, 2.24) is 0 Å². The maximum absolute atomic E-state index is 12.3. The van der Waals surface area contributed by atoms with Gasteiger partial charge in [0.1, 0.15) is 0 Å². The Balaban J connectivity index is 3.17. The summed E-state index contributed by atoms with van der Waals surface area (Å²) in [6, 6.07) is 3.16. The van der Waals surface area contributed by atoms with Gasteiger partial charge in [0.15, 0.2) is 6.19 Å². The van der Waals surface area contributed by atoms with E-state index in [-0.39, 0.29) is 10.7 Å². The second-order valence-electron chi connectivity index (χ2n) is 2.43. The normalized spacial score (nSPS) is 10.8. The van der Waals surface area contributed by atoms with E-state index in [9.17, 15) is 13.2 Å². The predicted molar refractivity (Wildman–Crippen MR) is 45.7 cm³/mol. The van der Waals surface area contributed by atoms with Crippen LogP contribution in [0.1, 0.15) is 5.56 Å². The Morgan fingerprint density at radius 3 is 2.50 bits per heavy atom. The molecule has 0 fully saturated rings. The lowest BCUT2D eigenvalue weighted by Crippen LogP contribution is -2.06. The zero-order valence-electron chi connectivity index (χ0n) is 6.69. The van der Waals surface area contributed by atoms with E-state index in [0.29, 0.717) is 0 Å². The van der Waals surface area contributed by atoms with Gasteiger partial charge in [0.25, 0.3) is 0 Å². The second-order valence-corrected chi connectivity index (χ2v) is 2.84. The van der Waals surface area contributed by atoms with E-state index in [1.807, 2.05) is 0 Å². The molecule has 0 saturated heterocycles. The Hall–Kier alpha value is -1.41. The molecule has 1 aromatic rings. The Morgan fingerprint density at radius 1 is 1.36 bits per heavy atom. The van der Waals surface area contributed by atoms with Crippen LogP contribution in [0.3, 0.4) is 0 Å². The molecule has 1 N–H and O–H groups in total. The highest BCUT2D eigenvalue weighted by Gasteiger charge is 2.33. The number of benzene rings is 1. The van der Waals surface area contributed by atoms with Crippen molar-refractivity contribution in [2.75, 3.05) is 5.32 Å². The van der Waals surface area contributed by atoms with E-state index in [2.05, 4.69) is 5.32 Å². The zero-order valence-corrected chi connectivity index (χ0v) is 7.45. The minimum atomic E-state index is -4.51. The lowest BCUT2D eigenvalue weighted by molar-refractivity contribution is -0.137. The minimum Gasteiger partial charge on any atom is -0.293 e. The van der Waals surface area contributed by atoms with Crippen molar-refractivity contribution in [1.29, 1.82) is 5.26 Å². The van der Waals surface area contributed by atoms with E-state index >= 15 is 0 Å². The molecule has 74 valence electrons. The van der Waals surface area contributed by atoms with Crippen LogP contribution in [0.25, 0.3) is 0 Å². The fourth-order valence-electron chi connectivity index (χ4n) is 0.885. The smallest absolute Gasteiger partial charge is 0.293 e. The molecule has 0 aliphatic carbocycles. The summed E-state index contributed by atoms with van der Waals surface area (Å²) in [4.78, 5) is 0. The van der Waals surface area contributed by atoms with Gasteiger partial charge in [0, 0.05) is 5.69 Å². The van der Waals surface area contributed by atoms with Crippen molar-refractivity contribution >= 4 is 17.3 Å². The maximum atomic E-state index is 12.3. The molecular formula is C8H4ClF3N2. The molecule has 14 heavy (non-hydrogen) atoms. The Bertz CT molecular complexity index is 381. The third-order valence-corrected chi connectivity index (χ3v) is 1.80. The molecule has 0 saturated carbocycles. The van der Waals surface area contributed by atoms with Crippen LogP contribution in [0.15, 0.2) is 18.2 Å². The minimum absolute atomic E-state index is 0.0595. The first kappa shape index (κ1) is 10.7.